The van der Waals surface area contributed by atoms with Gasteiger partial charge in [-0.25, -0.2) is 4.98 Å². The largest absolute Gasteiger partial charge is 0.419 e. The molecule has 0 fully saturated rings. The van der Waals surface area contributed by atoms with E-state index in [1.54, 1.807) is 0 Å². The predicted octanol–water partition coefficient (Wildman–Crippen LogP) is 5.16. The van der Waals surface area contributed by atoms with Crippen molar-refractivity contribution < 1.29 is 13.2 Å². The van der Waals surface area contributed by atoms with Crippen molar-refractivity contribution in [2.75, 3.05) is 17.2 Å². The van der Waals surface area contributed by atoms with Crippen molar-refractivity contribution in [3.05, 3.63) is 66.0 Å². The molecule has 0 bridgehead atoms. The molecular weight excluding hydrogens is 333 g/mol. The molecule has 0 saturated heterocycles. The summed E-state index contributed by atoms with van der Waals surface area (Å²) in [6, 6.07) is 10.5. The summed E-state index contributed by atoms with van der Waals surface area (Å²) < 4.78 is 39.1. The van der Waals surface area contributed by atoms with E-state index in [1.165, 1.54) is 17.8 Å². The van der Waals surface area contributed by atoms with E-state index in [0.717, 1.165) is 48.6 Å². The van der Waals surface area contributed by atoms with E-state index in [1.807, 2.05) is 18.2 Å². The molecule has 1 aliphatic rings. The molecule has 0 N–H and O–H groups in total. The third-order valence-electron chi connectivity index (χ3n) is 3.94. The maximum atomic E-state index is 13.0. The standard InChI is InChI=1S/C18H17F3N2S/c1-13(23-11-5-7-14-6-2-3-9-16(14)23)12-24-17-15(18(19,20)21)8-4-10-22-17/h2-4,6,8-10H,1,5,7,11-12H2. The van der Waals surface area contributed by atoms with Crippen LogP contribution in [0.15, 0.2) is 59.9 Å². The summed E-state index contributed by atoms with van der Waals surface area (Å²) in [6.45, 7) is 4.92. The minimum atomic E-state index is -4.39. The minimum Gasteiger partial charge on any atom is -0.345 e. The zero-order valence-corrected chi connectivity index (χ0v) is 13.8. The van der Waals surface area contributed by atoms with Crippen LogP contribution in [-0.2, 0) is 12.6 Å². The van der Waals surface area contributed by atoms with Crippen molar-refractivity contribution in [2.24, 2.45) is 0 Å². The quantitative estimate of drug-likeness (QED) is 0.709. The Labute approximate surface area is 143 Å². The van der Waals surface area contributed by atoms with Gasteiger partial charge in [-0.3, -0.25) is 0 Å². The van der Waals surface area contributed by atoms with E-state index < -0.39 is 11.7 Å². The molecule has 2 aromatic rings. The first kappa shape index (κ1) is 16.9. The van der Waals surface area contributed by atoms with E-state index in [-0.39, 0.29) is 5.03 Å². The zero-order valence-electron chi connectivity index (χ0n) is 13.0. The number of nitrogens with zero attached hydrogens (tertiary/aromatic N) is 2. The summed E-state index contributed by atoms with van der Waals surface area (Å²) >= 11 is 1.08. The minimum absolute atomic E-state index is 0.00329. The lowest BCUT2D eigenvalue weighted by Gasteiger charge is -2.32. The fourth-order valence-corrected chi connectivity index (χ4v) is 3.75. The molecule has 0 amide bonds. The Morgan fingerprint density at radius 1 is 1.21 bits per heavy atom. The maximum absolute atomic E-state index is 13.0. The van der Waals surface area contributed by atoms with Crippen molar-refractivity contribution in [3.8, 4) is 0 Å². The Hall–Kier alpha value is -1.95. The Kier molecular flexibility index (Phi) is 4.85. The number of para-hydroxylation sites is 1. The summed E-state index contributed by atoms with van der Waals surface area (Å²) in [5, 5.41) is -0.00329. The topological polar surface area (TPSA) is 16.1 Å². The van der Waals surface area contributed by atoms with Crippen molar-refractivity contribution in [1.29, 1.82) is 0 Å². The third kappa shape index (κ3) is 3.59. The van der Waals surface area contributed by atoms with Gasteiger partial charge in [0.1, 0.15) is 5.03 Å². The van der Waals surface area contributed by atoms with Gasteiger partial charge in [-0.05, 0) is 36.6 Å². The molecule has 6 heteroatoms. The number of benzene rings is 1. The van der Waals surface area contributed by atoms with Gasteiger partial charge < -0.3 is 4.90 Å². The van der Waals surface area contributed by atoms with Crippen molar-refractivity contribution in [3.63, 3.8) is 0 Å². The molecule has 0 saturated carbocycles. The Morgan fingerprint density at radius 2 is 2.00 bits per heavy atom. The number of halogens is 3. The number of aromatic nitrogens is 1. The zero-order chi connectivity index (χ0) is 17.2. The molecule has 24 heavy (non-hydrogen) atoms. The second kappa shape index (κ2) is 6.89. The lowest BCUT2D eigenvalue weighted by atomic mass is 10.0. The highest BCUT2D eigenvalue weighted by Gasteiger charge is 2.34. The summed E-state index contributed by atoms with van der Waals surface area (Å²) in [6.07, 6.45) is -0.976. The van der Waals surface area contributed by atoms with Crippen molar-refractivity contribution in [2.45, 2.75) is 24.0 Å². The van der Waals surface area contributed by atoms with Crippen LogP contribution in [0.2, 0.25) is 0 Å². The first-order chi connectivity index (χ1) is 11.5. The average molecular weight is 350 g/mol. The Bertz CT molecular complexity index is 743. The molecule has 0 spiro atoms. The van der Waals surface area contributed by atoms with Gasteiger partial charge in [-0.2, -0.15) is 13.2 Å². The summed E-state index contributed by atoms with van der Waals surface area (Å²) in [4.78, 5) is 5.99. The number of rotatable bonds is 4. The van der Waals surface area contributed by atoms with Crippen LogP contribution in [0, 0.1) is 0 Å². The number of alkyl halides is 3. The molecule has 0 unspecified atom stereocenters. The Balaban J connectivity index is 1.74. The van der Waals surface area contributed by atoms with Crippen LogP contribution >= 0.6 is 11.8 Å². The second-order valence-corrected chi connectivity index (χ2v) is 6.56. The molecule has 2 nitrogen and oxygen atoms in total. The third-order valence-corrected chi connectivity index (χ3v) is 5.02. The molecular formula is C18H17F3N2S. The number of fused-ring (bicyclic) bond motifs is 1. The summed E-state index contributed by atoms with van der Waals surface area (Å²) in [5.41, 5.74) is 2.46. The molecule has 0 aliphatic carbocycles. The Morgan fingerprint density at radius 3 is 2.79 bits per heavy atom. The highest BCUT2D eigenvalue weighted by atomic mass is 32.2. The van der Waals surface area contributed by atoms with Gasteiger partial charge in [0.25, 0.3) is 0 Å². The van der Waals surface area contributed by atoms with Crippen LogP contribution in [0.1, 0.15) is 17.5 Å². The smallest absolute Gasteiger partial charge is 0.345 e. The average Bonchev–Trinajstić information content (AvgIpc) is 2.58. The van der Waals surface area contributed by atoms with Crippen molar-refractivity contribution >= 4 is 17.4 Å². The molecule has 0 radical (unpaired) electrons. The van der Waals surface area contributed by atoms with Crippen LogP contribution in [-0.4, -0.2) is 17.3 Å². The van der Waals surface area contributed by atoms with Crippen LogP contribution in [0.25, 0.3) is 0 Å². The van der Waals surface area contributed by atoms with E-state index in [2.05, 4.69) is 22.5 Å². The van der Waals surface area contributed by atoms with Gasteiger partial charge in [0.2, 0.25) is 0 Å². The number of hydrogen-bond acceptors (Lipinski definition) is 3. The second-order valence-electron chi connectivity index (χ2n) is 5.59. The normalized spacial score (nSPS) is 14.4. The first-order valence-corrected chi connectivity index (χ1v) is 8.63. The monoisotopic (exact) mass is 350 g/mol. The lowest BCUT2D eigenvalue weighted by Crippen LogP contribution is -2.29. The fraction of sp³-hybridized carbons (Fsp3) is 0.278. The highest BCUT2D eigenvalue weighted by molar-refractivity contribution is 7.99. The SMILES string of the molecule is C=C(CSc1ncccc1C(F)(F)F)N1CCCc2ccccc21. The molecule has 0 atom stereocenters. The van der Waals surface area contributed by atoms with Gasteiger partial charge in [0.05, 0.1) is 5.56 Å². The van der Waals surface area contributed by atoms with E-state index >= 15 is 0 Å². The van der Waals surface area contributed by atoms with Gasteiger partial charge >= 0.3 is 6.18 Å². The number of hydrogen-bond donors (Lipinski definition) is 0. The molecule has 1 aromatic carbocycles. The molecule has 1 aromatic heterocycles. The number of pyridine rings is 1. The first-order valence-electron chi connectivity index (χ1n) is 7.65. The van der Waals surface area contributed by atoms with Crippen LogP contribution in [0.5, 0.6) is 0 Å². The molecule has 126 valence electrons. The lowest BCUT2D eigenvalue weighted by molar-refractivity contribution is -0.140. The predicted molar refractivity (Wildman–Crippen MR) is 91.2 cm³/mol. The number of aryl methyl sites for hydroxylation is 1. The van der Waals surface area contributed by atoms with Gasteiger partial charge in [-0.1, -0.05) is 36.5 Å². The fourth-order valence-electron chi connectivity index (χ4n) is 2.81. The summed E-state index contributed by atoms with van der Waals surface area (Å²) in [7, 11) is 0. The van der Waals surface area contributed by atoms with Crippen LogP contribution in [0.3, 0.4) is 0 Å². The van der Waals surface area contributed by atoms with Gasteiger partial charge in [0.15, 0.2) is 0 Å². The number of anilines is 1. The van der Waals surface area contributed by atoms with Crippen LogP contribution in [0.4, 0.5) is 18.9 Å². The van der Waals surface area contributed by atoms with Crippen LogP contribution < -0.4 is 4.90 Å². The van der Waals surface area contributed by atoms with E-state index in [9.17, 15) is 13.2 Å². The molecule has 2 heterocycles. The van der Waals surface area contributed by atoms with E-state index in [4.69, 9.17) is 0 Å². The maximum Gasteiger partial charge on any atom is 0.419 e. The van der Waals surface area contributed by atoms with Gasteiger partial charge in [-0.15, -0.1) is 0 Å². The highest BCUT2D eigenvalue weighted by Crippen LogP contribution is 2.37. The van der Waals surface area contributed by atoms with E-state index in [0.29, 0.717) is 5.75 Å². The summed E-state index contributed by atoms with van der Waals surface area (Å²) in [5.74, 6) is 0.369. The van der Waals surface area contributed by atoms with Crippen molar-refractivity contribution in [1.82, 2.24) is 4.98 Å². The molecule has 3 rings (SSSR count). The molecule has 1 aliphatic heterocycles. The van der Waals surface area contributed by atoms with Gasteiger partial charge in [0, 0.05) is 29.9 Å². The number of thioether (sulfide) groups is 1.